The van der Waals surface area contributed by atoms with Gasteiger partial charge < -0.3 is 0 Å². The Balaban J connectivity index is 0.000000185. The van der Waals surface area contributed by atoms with E-state index in [0.717, 1.165) is 5.39 Å². The molecule has 0 bridgehead atoms. The van der Waals surface area contributed by atoms with Crippen molar-refractivity contribution >= 4 is 31.0 Å². The topological polar surface area (TPSA) is 109 Å². The van der Waals surface area contributed by atoms with Crippen LogP contribution < -0.4 is 0 Å². The van der Waals surface area contributed by atoms with E-state index in [0.29, 0.717) is 5.39 Å². The third-order valence-corrected chi connectivity index (χ3v) is 4.85. The Kier molecular flexibility index (Phi) is 5.35. The molecule has 0 unspecified atom stereocenters. The van der Waals surface area contributed by atoms with Crippen LogP contribution in [0.3, 0.4) is 0 Å². The molecule has 0 heterocycles. The summed E-state index contributed by atoms with van der Waals surface area (Å²) in [6, 6.07) is 19.2. The summed E-state index contributed by atoms with van der Waals surface area (Å²) < 4.78 is 60.2. The van der Waals surface area contributed by atoms with Crippen LogP contribution in [0.4, 0.5) is 0 Å². The molecule has 24 heavy (non-hydrogen) atoms. The fourth-order valence-corrected chi connectivity index (χ4v) is 3.23. The zero-order valence-corrected chi connectivity index (χ0v) is 13.9. The number of hydrogen-bond donors (Lipinski definition) is 2. The van der Waals surface area contributed by atoms with Gasteiger partial charge in [-0.3, -0.25) is 9.11 Å². The summed E-state index contributed by atoms with van der Waals surface area (Å²) in [7, 11) is -8.13. The first-order valence-electron chi connectivity index (χ1n) is 6.67. The van der Waals surface area contributed by atoms with Gasteiger partial charge in [0.15, 0.2) is 0 Å². The molecular formula is C16H14O6S2. The Morgan fingerprint density at radius 2 is 1.12 bits per heavy atom. The molecule has 3 aromatic carbocycles. The molecular weight excluding hydrogens is 352 g/mol. The normalized spacial score (nSPS) is 11.6. The number of benzene rings is 3. The molecule has 0 aromatic heterocycles. The molecule has 3 aromatic rings. The van der Waals surface area contributed by atoms with Gasteiger partial charge in [0, 0.05) is 5.39 Å². The zero-order chi connectivity index (χ0) is 17.8. The summed E-state index contributed by atoms with van der Waals surface area (Å²) in [4.78, 5) is -0.120. The fraction of sp³-hybridized carbons (Fsp3) is 0. The van der Waals surface area contributed by atoms with E-state index in [1.54, 1.807) is 48.5 Å². The van der Waals surface area contributed by atoms with Crippen LogP contribution in [-0.2, 0) is 20.2 Å². The summed E-state index contributed by atoms with van der Waals surface area (Å²) in [6.07, 6.45) is 0. The zero-order valence-electron chi connectivity index (χ0n) is 12.3. The van der Waals surface area contributed by atoms with Gasteiger partial charge >= 0.3 is 0 Å². The van der Waals surface area contributed by atoms with Gasteiger partial charge in [0.2, 0.25) is 0 Å². The largest absolute Gasteiger partial charge is 0.295 e. The summed E-state index contributed by atoms with van der Waals surface area (Å²) in [5, 5.41) is 1.33. The maximum Gasteiger partial charge on any atom is 0.295 e. The molecule has 0 saturated carbocycles. The second-order valence-electron chi connectivity index (χ2n) is 4.74. The SMILES string of the molecule is O=S(=O)(O)c1cccc2ccccc12.O=S(=O)(O)c1ccccc1. The lowest BCUT2D eigenvalue weighted by atomic mass is 10.1. The monoisotopic (exact) mass is 366 g/mol. The van der Waals surface area contributed by atoms with Gasteiger partial charge in [-0.2, -0.15) is 16.8 Å². The Morgan fingerprint density at radius 1 is 0.583 bits per heavy atom. The van der Waals surface area contributed by atoms with Crippen molar-refractivity contribution < 1.29 is 25.9 Å². The standard InChI is InChI=1S/C10H8O3S.C6H6O3S/c11-14(12,13)10-7-3-5-8-4-1-2-6-9(8)10;7-10(8,9)6-4-2-1-3-5-6/h1-7H,(H,11,12,13);1-5H,(H,7,8,9). The van der Waals surface area contributed by atoms with E-state index >= 15 is 0 Å². The Labute approximate surface area is 139 Å². The van der Waals surface area contributed by atoms with Gasteiger partial charge in [-0.25, -0.2) is 0 Å². The van der Waals surface area contributed by atoms with Crippen molar-refractivity contribution in [1.29, 1.82) is 0 Å². The van der Waals surface area contributed by atoms with Crippen molar-refractivity contribution in [2.24, 2.45) is 0 Å². The lowest BCUT2D eigenvalue weighted by Crippen LogP contribution is -1.98. The summed E-state index contributed by atoms with van der Waals surface area (Å²) in [5.41, 5.74) is 0. The van der Waals surface area contributed by atoms with Gasteiger partial charge in [-0.1, -0.05) is 54.6 Å². The van der Waals surface area contributed by atoms with Crippen LogP contribution in [0.2, 0.25) is 0 Å². The molecule has 8 heteroatoms. The highest BCUT2D eigenvalue weighted by molar-refractivity contribution is 7.86. The van der Waals surface area contributed by atoms with Crippen LogP contribution in [0, 0.1) is 0 Å². The summed E-state index contributed by atoms with van der Waals surface area (Å²) >= 11 is 0. The van der Waals surface area contributed by atoms with Crippen LogP contribution in [0.25, 0.3) is 10.8 Å². The third-order valence-electron chi connectivity index (χ3n) is 3.07. The molecule has 0 atom stereocenters. The van der Waals surface area contributed by atoms with E-state index in [9.17, 15) is 16.8 Å². The Morgan fingerprint density at radius 3 is 1.67 bits per heavy atom. The van der Waals surface area contributed by atoms with Gasteiger partial charge in [0.25, 0.3) is 20.2 Å². The maximum atomic E-state index is 11.0. The Bertz CT molecular complexity index is 1040. The first-order chi connectivity index (χ1) is 11.2. The van der Waals surface area contributed by atoms with Crippen molar-refractivity contribution in [2.45, 2.75) is 9.79 Å². The van der Waals surface area contributed by atoms with Crippen molar-refractivity contribution in [3.05, 3.63) is 72.8 Å². The molecule has 3 rings (SSSR count). The van der Waals surface area contributed by atoms with Crippen LogP contribution >= 0.6 is 0 Å². The minimum Gasteiger partial charge on any atom is -0.282 e. The van der Waals surface area contributed by atoms with Crippen molar-refractivity contribution in [1.82, 2.24) is 0 Å². The van der Waals surface area contributed by atoms with Crippen LogP contribution in [0.15, 0.2) is 82.6 Å². The summed E-state index contributed by atoms with van der Waals surface area (Å²) in [5.74, 6) is 0. The molecule has 0 aliphatic heterocycles. The minimum atomic E-state index is -4.13. The molecule has 6 nitrogen and oxygen atoms in total. The van der Waals surface area contributed by atoms with Gasteiger partial charge in [-0.15, -0.1) is 0 Å². The van der Waals surface area contributed by atoms with E-state index in [1.165, 1.54) is 18.2 Å². The molecule has 0 radical (unpaired) electrons. The minimum absolute atomic E-state index is 0.0457. The third kappa shape index (κ3) is 4.62. The lowest BCUT2D eigenvalue weighted by molar-refractivity contribution is 0.481. The molecule has 0 aliphatic carbocycles. The van der Waals surface area contributed by atoms with Crippen LogP contribution in [-0.4, -0.2) is 25.9 Å². The molecule has 126 valence electrons. The predicted octanol–water partition coefficient (Wildman–Crippen LogP) is 3.02. The highest BCUT2D eigenvalue weighted by atomic mass is 32.2. The quantitative estimate of drug-likeness (QED) is 0.675. The van der Waals surface area contributed by atoms with Crippen LogP contribution in [0.5, 0.6) is 0 Å². The second-order valence-corrected chi connectivity index (χ2v) is 7.55. The molecule has 0 amide bonds. The Hall–Kier alpha value is -2.26. The van der Waals surface area contributed by atoms with E-state index in [4.69, 9.17) is 9.11 Å². The molecule has 0 saturated heterocycles. The molecule has 2 N–H and O–H groups in total. The average molecular weight is 366 g/mol. The number of hydrogen-bond acceptors (Lipinski definition) is 4. The first kappa shape index (κ1) is 18.1. The smallest absolute Gasteiger partial charge is 0.282 e. The van der Waals surface area contributed by atoms with E-state index in [2.05, 4.69) is 0 Å². The molecule has 0 spiro atoms. The average Bonchev–Trinajstić information content (AvgIpc) is 2.54. The maximum absolute atomic E-state index is 11.0. The van der Waals surface area contributed by atoms with Crippen molar-refractivity contribution in [3.63, 3.8) is 0 Å². The summed E-state index contributed by atoms with van der Waals surface area (Å²) in [6.45, 7) is 0. The predicted molar refractivity (Wildman–Crippen MR) is 90.0 cm³/mol. The fourth-order valence-electron chi connectivity index (χ4n) is 2.01. The van der Waals surface area contributed by atoms with Gasteiger partial charge in [0.1, 0.15) is 4.90 Å². The lowest BCUT2D eigenvalue weighted by Gasteiger charge is -2.02. The number of fused-ring (bicyclic) bond motifs is 1. The van der Waals surface area contributed by atoms with Crippen molar-refractivity contribution in [3.8, 4) is 0 Å². The molecule has 0 fully saturated rings. The molecule has 0 aliphatic rings. The van der Waals surface area contributed by atoms with E-state index in [1.807, 2.05) is 6.07 Å². The van der Waals surface area contributed by atoms with Gasteiger partial charge in [-0.05, 0) is 23.6 Å². The second kappa shape index (κ2) is 7.10. The van der Waals surface area contributed by atoms with E-state index in [-0.39, 0.29) is 9.79 Å². The number of rotatable bonds is 2. The first-order valence-corrected chi connectivity index (χ1v) is 9.55. The van der Waals surface area contributed by atoms with Crippen molar-refractivity contribution in [2.75, 3.05) is 0 Å². The van der Waals surface area contributed by atoms with Gasteiger partial charge in [0.05, 0.1) is 4.90 Å². The highest BCUT2D eigenvalue weighted by Gasteiger charge is 2.12. The van der Waals surface area contributed by atoms with E-state index < -0.39 is 20.2 Å². The highest BCUT2D eigenvalue weighted by Crippen LogP contribution is 2.22. The van der Waals surface area contributed by atoms with Crippen LogP contribution in [0.1, 0.15) is 0 Å².